The molecule has 3 nitrogen and oxygen atoms in total. The number of hydrogen-bond donors (Lipinski definition) is 0. The molecule has 1 amide bonds. The molecular formula is C19H17NO2S2. The van der Waals surface area contributed by atoms with Gasteiger partial charge in [0, 0.05) is 5.56 Å². The van der Waals surface area contributed by atoms with Crippen molar-refractivity contribution in [1.82, 2.24) is 0 Å². The molecular weight excluding hydrogens is 338 g/mol. The predicted octanol–water partition coefficient (Wildman–Crippen LogP) is 4.66. The summed E-state index contributed by atoms with van der Waals surface area (Å²) in [6, 6.07) is 15.5. The van der Waals surface area contributed by atoms with Crippen molar-refractivity contribution in [2.24, 2.45) is 0 Å². The molecule has 3 rings (SSSR count). The molecule has 122 valence electrons. The standard InChI is InChI=1S/C19H17NO2S2/c1-3-13-8-4-6-10-15(13)20-18(21)17(24-19(20)23)12-14-9-5-7-11-16(14)22-2/h4-12H,3H2,1-2H3. The molecule has 2 aromatic rings. The summed E-state index contributed by atoms with van der Waals surface area (Å²) in [5, 5.41) is 0. The zero-order valence-corrected chi connectivity index (χ0v) is 15.1. The molecule has 0 N–H and O–H groups in total. The lowest BCUT2D eigenvalue weighted by Gasteiger charge is -2.18. The Kier molecular flexibility index (Phi) is 5.02. The van der Waals surface area contributed by atoms with Gasteiger partial charge in [0.15, 0.2) is 4.32 Å². The lowest BCUT2D eigenvalue weighted by molar-refractivity contribution is -0.113. The SMILES string of the molecule is CCc1ccccc1N1C(=O)C(=Cc2ccccc2OC)SC1=S. The van der Waals surface area contributed by atoms with Gasteiger partial charge in [0.05, 0.1) is 17.7 Å². The highest BCUT2D eigenvalue weighted by molar-refractivity contribution is 8.27. The number of thioether (sulfide) groups is 1. The third kappa shape index (κ3) is 3.09. The summed E-state index contributed by atoms with van der Waals surface area (Å²) in [6.07, 6.45) is 2.69. The molecule has 24 heavy (non-hydrogen) atoms. The number of carbonyl (C=O) groups excluding carboxylic acids is 1. The van der Waals surface area contributed by atoms with Crippen LogP contribution in [0.1, 0.15) is 18.1 Å². The van der Waals surface area contributed by atoms with E-state index in [4.69, 9.17) is 17.0 Å². The number of rotatable bonds is 4. The van der Waals surface area contributed by atoms with Gasteiger partial charge in [-0.05, 0) is 30.2 Å². The van der Waals surface area contributed by atoms with Crippen molar-refractivity contribution >= 4 is 46.0 Å². The first-order valence-corrected chi connectivity index (χ1v) is 8.87. The van der Waals surface area contributed by atoms with E-state index in [9.17, 15) is 4.79 Å². The lowest BCUT2D eigenvalue weighted by Crippen LogP contribution is -2.28. The van der Waals surface area contributed by atoms with Crippen LogP contribution in [0.2, 0.25) is 0 Å². The van der Waals surface area contributed by atoms with Crippen molar-refractivity contribution in [1.29, 1.82) is 0 Å². The van der Waals surface area contributed by atoms with Crippen LogP contribution in [0.3, 0.4) is 0 Å². The summed E-state index contributed by atoms with van der Waals surface area (Å²) < 4.78 is 5.91. The van der Waals surface area contributed by atoms with Gasteiger partial charge in [-0.15, -0.1) is 0 Å². The molecule has 0 aliphatic carbocycles. The fraction of sp³-hybridized carbons (Fsp3) is 0.158. The number of nitrogens with zero attached hydrogens (tertiary/aromatic N) is 1. The topological polar surface area (TPSA) is 29.5 Å². The van der Waals surface area contributed by atoms with Crippen LogP contribution in [0, 0.1) is 0 Å². The molecule has 1 fully saturated rings. The Bertz CT molecular complexity index is 830. The van der Waals surface area contributed by atoms with Crippen molar-refractivity contribution in [3.05, 3.63) is 64.6 Å². The minimum atomic E-state index is -0.0863. The Hall–Kier alpha value is -2.11. The third-order valence-electron chi connectivity index (χ3n) is 3.83. The average molecular weight is 355 g/mol. The fourth-order valence-electron chi connectivity index (χ4n) is 2.63. The van der Waals surface area contributed by atoms with Crippen LogP contribution in [0.4, 0.5) is 5.69 Å². The van der Waals surface area contributed by atoms with Crippen molar-refractivity contribution in [2.45, 2.75) is 13.3 Å². The monoisotopic (exact) mass is 355 g/mol. The summed E-state index contributed by atoms with van der Waals surface area (Å²) in [5.41, 5.74) is 2.84. The second kappa shape index (κ2) is 7.20. The summed E-state index contributed by atoms with van der Waals surface area (Å²) in [5.74, 6) is 0.647. The zero-order valence-electron chi connectivity index (χ0n) is 13.5. The summed E-state index contributed by atoms with van der Waals surface area (Å²) in [4.78, 5) is 15.1. The Morgan fingerprint density at radius 3 is 2.62 bits per heavy atom. The molecule has 0 atom stereocenters. The maximum absolute atomic E-state index is 12.9. The van der Waals surface area contributed by atoms with Crippen LogP contribution in [0.5, 0.6) is 5.75 Å². The van der Waals surface area contributed by atoms with Gasteiger partial charge < -0.3 is 4.74 Å². The van der Waals surface area contributed by atoms with E-state index >= 15 is 0 Å². The molecule has 1 aliphatic heterocycles. The van der Waals surface area contributed by atoms with E-state index in [1.807, 2.05) is 54.6 Å². The molecule has 2 aromatic carbocycles. The van der Waals surface area contributed by atoms with Gasteiger partial charge in [-0.3, -0.25) is 9.69 Å². The maximum Gasteiger partial charge on any atom is 0.270 e. The van der Waals surface area contributed by atoms with E-state index in [1.54, 1.807) is 12.0 Å². The van der Waals surface area contributed by atoms with E-state index in [0.29, 0.717) is 9.23 Å². The van der Waals surface area contributed by atoms with Crippen LogP contribution in [0.15, 0.2) is 53.4 Å². The van der Waals surface area contributed by atoms with E-state index in [0.717, 1.165) is 29.0 Å². The number of carbonyl (C=O) groups is 1. The highest BCUT2D eigenvalue weighted by atomic mass is 32.2. The van der Waals surface area contributed by atoms with Crippen molar-refractivity contribution in [2.75, 3.05) is 12.0 Å². The number of benzene rings is 2. The highest BCUT2D eigenvalue weighted by Gasteiger charge is 2.34. The Morgan fingerprint density at radius 1 is 1.17 bits per heavy atom. The van der Waals surface area contributed by atoms with E-state index in [-0.39, 0.29) is 5.91 Å². The van der Waals surface area contributed by atoms with Gasteiger partial charge in [0.1, 0.15) is 5.75 Å². The van der Waals surface area contributed by atoms with Gasteiger partial charge in [-0.1, -0.05) is 67.3 Å². The first-order valence-electron chi connectivity index (χ1n) is 7.64. The van der Waals surface area contributed by atoms with Crippen LogP contribution in [-0.2, 0) is 11.2 Å². The Labute approximate surface area is 151 Å². The smallest absolute Gasteiger partial charge is 0.270 e. The Balaban J connectivity index is 1.99. The zero-order chi connectivity index (χ0) is 17.1. The first-order chi connectivity index (χ1) is 11.7. The number of anilines is 1. The van der Waals surface area contributed by atoms with Gasteiger partial charge in [0.25, 0.3) is 5.91 Å². The lowest BCUT2D eigenvalue weighted by atomic mass is 10.1. The van der Waals surface area contributed by atoms with Gasteiger partial charge in [-0.2, -0.15) is 0 Å². The second-order valence-electron chi connectivity index (χ2n) is 5.24. The molecule has 5 heteroatoms. The first kappa shape index (κ1) is 16.7. The fourth-order valence-corrected chi connectivity index (χ4v) is 3.91. The van der Waals surface area contributed by atoms with Gasteiger partial charge >= 0.3 is 0 Å². The molecule has 1 heterocycles. The summed E-state index contributed by atoms with van der Waals surface area (Å²) in [6.45, 7) is 2.07. The Morgan fingerprint density at radius 2 is 1.88 bits per heavy atom. The second-order valence-corrected chi connectivity index (χ2v) is 6.92. The van der Waals surface area contributed by atoms with Crippen molar-refractivity contribution in [3.8, 4) is 5.75 Å². The molecule has 0 bridgehead atoms. The van der Waals surface area contributed by atoms with E-state index < -0.39 is 0 Å². The molecule has 1 saturated heterocycles. The minimum absolute atomic E-state index is 0.0863. The average Bonchev–Trinajstić information content (AvgIpc) is 2.89. The summed E-state index contributed by atoms with van der Waals surface area (Å²) >= 11 is 6.78. The third-order valence-corrected chi connectivity index (χ3v) is 5.13. The van der Waals surface area contributed by atoms with Gasteiger partial charge in [-0.25, -0.2) is 0 Å². The minimum Gasteiger partial charge on any atom is -0.496 e. The van der Waals surface area contributed by atoms with Crippen molar-refractivity contribution < 1.29 is 9.53 Å². The molecule has 0 aromatic heterocycles. The predicted molar refractivity (Wildman–Crippen MR) is 104 cm³/mol. The molecule has 1 aliphatic rings. The van der Waals surface area contributed by atoms with Crippen LogP contribution in [0.25, 0.3) is 6.08 Å². The molecule has 0 radical (unpaired) electrons. The maximum atomic E-state index is 12.9. The number of amides is 1. The largest absolute Gasteiger partial charge is 0.496 e. The quantitative estimate of drug-likeness (QED) is 0.589. The molecule has 0 spiro atoms. The van der Waals surface area contributed by atoms with Crippen LogP contribution < -0.4 is 9.64 Å². The number of hydrogen-bond acceptors (Lipinski definition) is 4. The van der Waals surface area contributed by atoms with E-state index in [1.165, 1.54) is 11.8 Å². The number of thiocarbonyl (C=S) groups is 1. The van der Waals surface area contributed by atoms with Gasteiger partial charge in [0.2, 0.25) is 0 Å². The van der Waals surface area contributed by atoms with Crippen LogP contribution in [-0.4, -0.2) is 17.3 Å². The normalized spacial score (nSPS) is 16.1. The van der Waals surface area contributed by atoms with E-state index in [2.05, 4.69) is 6.92 Å². The number of para-hydroxylation sites is 2. The number of aryl methyl sites for hydroxylation is 1. The van der Waals surface area contributed by atoms with Crippen LogP contribution >= 0.6 is 24.0 Å². The number of methoxy groups -OCH3 is 1. The highest BCUT2D eigenvalue weighted by Crippen LogP contribution is 2.38. The summed E-state index contributed by atoms with van der Waals surface area (Å²) in [7, 11) is 1.62. The number of ether oxygens (including phenoxy) is 1. The van der Waals surface area contributed by atoms with Crippen molar-refractivity contribution in [3.63, 3.8) is 0 Å². The molecule has 0 unspecified atom stereocenters. The molecule has 0 saturated carbocycles.